The molecule has 4 atom stereocenters. The molecule has 0 heterocycles. The molecule has 0 heteroatoms. The van der Waals surface area contributed by atoms with Gasteiger partial charge in [-0.25, -0.2) is 0 Å². The second-order valence-electron chi connectivity index (χ2n) is 10.8. The minimum atomic E-state index is -0.0168. The Morgan fingerprint density at radius 1 is 0.529 bits per heavy atom. The summed E-state index contributed by atoms with van der Waals surface area (Å²) in [5.41, 5.74) is 12.3. The molecule has 0 N–H and O–H groups in total. The van der Waals surface area contributed by atoms with E-state index in [0.717, 1.165) is 0 Å². The lowest BCUT2D eigenvalue weighted by molar-refractivity contribution is 0.0821. The molecule has 4 aliphatic carbocycles. The van der Waals surface area contributed by atoms with Crippen LogP contribution in [0.5, 0.6) is 0 Å². The van der Waals surface area contributed by atoms with Crippen LogP contribution in [0.4, 0.5) is 0 Å². The summed E-state index contributed by atoms with van der Waals surface area (Å²) >= 11 is 0. The molecule has 1 saturated carbocycles. The second kappa shape index (κ2) is 5.88. The van der Waals surface area contributed by atoms with E-state index in [2.05, 4.69) is 109 Å². The van der Waals surface area contributed by atoms with Crippen molar-refractivity contribution in [2.24, 2.45) is 11.8 Å². The number of hydrogen-bond acceptors (Lipinski definition) is 0. The summed E-state index contributed by atoms with van der Waals surface area (Å²) < 4.78 is 0. The van der Waals surface area contributed by atoms with Crippen LogP contribution in [-0.2, 0) is 11.8 Å². The Balaban J connectivity index is 1.34. The highest BCUT2D eigenvalue weighted by Gasteiger charge is 2.69. The van der Waals surface area contributed by atoms with Crippen LogP contribution in [0.15, 0.2) is 109 Å². The maximum Gasteiger partial charge on any atom is 0.0503 e. The summed E-state index contributed by atoms with van der Waals surface area (Å²) in [7, 11) is 0. The largest absolute Gasteiger partial charge is 0.0620 e. The van der Waals surface area contributed by atoms with Gasteiger partial charge in [-0.2, -0.15) is 0 Å². The molecule has 34 heavy (non-hydrogen) atoms. The standard InChI is InChI=1S/C34H24/c1-2-10-21-18-26-22(17-20(21)9-1)19-27-31(26)32-25-13-5-8-16-30(25)34(33(27)32)28-14-6-3-11-23(28)24-12-4-7-15-29(24)34/h1-18,27,31-33H,19H2/t27-,31+,32?,33-/m0/s1. The smallest absolute Gasteiger partial charge is 0.0503 e. The van der Waals surface area contributed by atoms with Gasteiger partial charge in [-0.3, -0.25) is 0 Å². The molecule has 5 aromatic carbocycles. The number of hydrogen-bond donors (Lipinski definition) is 0. The summed E-state index contributed by atoms with van der Waals surface area (Å²) in [5, 5.41) is 2.78. The summed E-state index contributed by atoms with van der Waals surface area (Å²) in [6.07, 6.45) is 1.21. The van der Waals surface area contributed by atoms with Crippen molar-refractivity contribution in [3.63, 3.8) is 0 Å². The van der Waals surface area contributed by atoms with E-state index >= 15 is 0 Å². The minimum Gasteiger partial charge on any atom is -0.0620 e. The number of rotatable bonds is 0. The average Bonchev–Trinajstić information content (AvgIpc) is 3.44. The van der Waals surface area contributed by atoms with Crippen molar-refractivity contribution in [2.45, 2.75) is 23.7 Å². The van der Waals surface area contributed by atoms with Gasteiger partial charge >= 0.3 is 0 Å². The van der Waals surface area contributed by atoms with Crippen molar-refractivity contribution in [2.75, 3.05) is 0 Å². The lowest BCUT2D eigenvalue weighted by atomic mass is 9.49. The van der Waals surface area contributed by atoms with Gasteiger partial charge in [0.1, 0.15) is 0 Å². The molecule has 0 amide bonds. The summed E-state index contributed by atoms with van der Waals surface area (Å²) in [4.78, 5) is 0. The van der Waals surface area contributed by atoms with E-state index in [1.807, 2.05) is 0 Å². The van der Waals surface area contributed by atoms with Crippen molar-refractivity contribution in [3.05, 3.63) is 143 Å². The minimum absolute atomic E-state index is 0.0168. The van der Waals surface area contributed by atoms with Crippen molar-refractivity contribution >= 4 is 10.8 Å². The van der Waals surface area contributed by atoms with E-state index in [1.165, 1.54) is 39.4 Å². The predicted molar refractivity (Wildman–Crippen MR) is 138 cm³/mol. The van der Waals surface area contributed by atoms with Crippen LogP contribution >= 0.6 is 0 Å². The van der Waals surface area contributed by atoms with Crippen molar-refractivity contribution < 1.29 is 0 Å². The highest BCUT2D eigenvalue weighted by atomic mass is 14.7. The van der Waals surface area contributed by atoms with Gasteiger partial charge in [-0.05, 0) is 85.4 Å². The molecular formula is C34H24. The van der Waals surface area contributed by atoms with Crippen molar-refractivity contribution in [1.82, 2.24) is 0 Å². The molecule has 0 nitrogen and oxygen atoms in total. The Bertz CT molecular complexity index is 1630. The third-order valence-electron chi connectivity index (χ3n) is 9.76. The Hall–Kier alpha value is -3.64. The monoisotopic (exact) mass is 432 g/mol. The number of fused-ring (bicyclic) bond motifs is 16. The Morgan fingerprint density at radius 2 is 1.12 bits per heavy atom. The number of benzene rings is 5. The van der Waals surface area contributed by atoms with Gasteiger partial charge in [0, 0.05) is 0 Å². The zero-order valence-corrected chi connectivity index (χ0v) is 18.9. The van der Waals surface area contributed by atoms with E-state index < -0.39 is 0 Å². The molecule has 0 aromatic heterocycles. The summed E-state index contributed by atoms with van der Waals surface area (Å²) in [6.45, 7) is 0. The first-order valence-corrected chi connectivity index (χ1v) is 12.7. The SMILES string of the molecule is c1ccc2c(c1)-c1ccccc1C21c2ccccc2C2[C@@H]1[C@H]1Cc3cc4ccccc4cc3[C@@H]21. The van der Waals surface area contributed by atoms with E-state index in [4.69, 9.17) is 0 Å². The summed E-state index contributed by atoms with van der Waals surface area (Å²) in [5.74, 6) is 2.56. The highest BCUT2D eigenvalue weighted by molar-refractivity contribution is 5.87. The molecule has 9 rings (SSSR count). The van der Waals surface area contributed by atoms with Gasteiger partial charge in [0.2, 0.25) is 0 Å². The van der Waals surface area contributed by atoms with E-state index in [1.54, 1.807) is 22.3 Å². The molecule has 1 spiro atoms. The van der Waals surface area contributed by atoms with Crippen molar-refractivity contribution in [3.8, 4) is 11.1 Å². The molecule has 5 aromatic rings. The molecule has 4 aliphatic rings. The third kappa shape index (κ3) is 1.81. The third-order valence-corrected chi connectivity index (χ3v) is 9.76. The van der Waals surface area contributed by atoms with Crippen molar-refractivity contribution in [1.29, 1.82) is 0 Å². The normalized spacial score (nSPS) is 25.8. The van der Waals surface area contributed by atoms with Crippen LogP contribution < -0.4 is 0 Å². The van der Waals surface area contributed by atoms with Crippen LogP contribution in [0.1, 0.15) is 45.2 Å². The van der Waals surface area contributed by atoms with E-state index in [0.29, 0.717) is 23.7 Å². The molecule has 0 aliphatic heterocycles. The van der Waals surface area contributed by atoms with Crippen LogP contribution in [0.3, 0.4) is 0 Å². The van der Waals surface area contributed by atoms with Crippen LogP contribution in [0.25, 0.3) is 21.9 Å². The molecule has 160 valence electrons. The summed E-state index contributed by atoms with van der Waals surface area (Å²) in [6, 6.07) is 41.9. The zero-order valence-electron chi connectivity index (χ0n) is 18.9. The van der Waals surface area contributed by atoms with Gasteiger partial charge in [0.05, 0.1) is 5.41 Å². The topological polar surface area (TPSA) is 0 Å². The molecule has 1 fully saturated rings. The van der Waals surface area contributed by atoms with E-state index in [9.17, 15) is 0 Å². The maximum atomic E-state index is 2.52. The highest BCUT2D eigenvalue weighted by Crippen LogP contribution is 2.77. The molecule has 0 saturated heterocycles. The van der Waals surface area contributed by atoms with Gasteiger partial charge in [0.25, 0.3) is 0 Å². The Morgan fingerprint density at radius 3 is 1.85 bits per heavy atom. The van der Waals surface area contributed by atoms with Crippen LogP contribution in [0.2, 0.25) is 0 Å². The fourth-order valence-corrected chi connectivity index (χ4v) is 8.78. The fraction of sp³-hybridized carbons (Fsp3) is 0.176. The second-order valence-corrected chi connectivity index (χ2v) is 10.8. The first-order chi connectivity index (χ1) is 16.9. The predicted octanol–water partition coefficient (Wildman–Crippen LogP) is 7.84. The Kier molecular flexibility index (Phi) is 3.08. The van der Waals surface area contributed by atoms with E-state index in [-0.39, 0.29) is 5.41 Å². The molecule has 0 radical (unpaired) electrons. The van der Waals surface area contributed by atoms with Gasteiger partial charge in [-0.15, -0.1) is 0 Å². The average molecular weight is 433 g/mol. The first-order valence-electron chi connectivity index (χ1n) is 12.7. The zero-order chi connectivity index (χ0) is 22.0. The van der Waals surface area contributed by atoms with Gasteiger partial charge in [-0.1, -0.05) is 109 Å². The van der Waals surface area contributed by atoms with Gasteiger partial charge in [0.15, 0.2) is 0 Å². The fourth-order valence-electron chi connectivity index (χ4n) is 8.78. The lowest BCUT2D eigenvalue weighted by Gasteiger charge is -2.52. The molecular weight excluding hydrogens is 408 g/mol. The molecule has 0 bridgehead atoms. The quantitative estimate of drug-likeness (QED) is 0.234. The van der Waals surface area contributed by atoms with Crippen LogP contribution in [-0.4, -0.2) is 0 Å². The maximum absolute atomic E-state index is 2.52. The van der Waals surface area contributed by atoms with Gasteiger partial charge < -0.3 is 0 Å². The lowest BCUT2D eigenvalue weighted by Crippen LogP contribution is -2.48. The first kappa shape index (κ1) is 17.8. The molecule has 1 unspecified atom stereocenters. The Labute approximate surface area is 199 Å². The van der Waals surface area contributed by atoms with Crippen LogP contribution in [0, 0.1) is 11.8 Å².